The first-order chi connectivity index (χ1) is 7.84. The third-order valence-corrected chi connectivity index (χ3v) is 3.32. The third-order valence-electron chi connectivity index (χ3n) is 2.79. The first kappa shape index (κ1) is 12.0. The van der Waals surface area contributed by atoms with Crippen molar-refractivity contribution >= 4 is 15.9 Å². The highest BCUT2D eigenvalue weighted by molar-refractivity contribution is 9.10. The molecule has 0 saturated carbocycles. The van der Waals surface area contributed by atoms with Crippen LogP contribution >= 0.6 is 15.9 Å². The summed E-state index contributed by atoms with van der Waals surface area (Å²) >= 11 is 3.44. The number of benzene rings is 1. The maximum Gasteiger partial charge on any atom is 0.0484 e. The first-order valence-corrected chi connectivity index (χ1v) is 6.52. The molecule has 0 unspecified atom stereocenters. The van der Waals surface area contributed by atoms with E-state index in [9.17, 15) is 0 Å². The average molecular weight is 284 g/mol. The van der Waals surface area contributed by atoms with Crippen molar-refractivity contribution in [1.82, 2.24) is 15.5 Å². The Labute approximate surface area is 105 Å². The monoisotopic (exact) mass is 283 g/mol. The Morgan fingerprint density at radius 2 is 1.88 bits per heavy atom. The molecule has 1 aromatic carbocycles. The molecule has 0 aliphatic carbocycles. The molecule has 1 heterocycles. The minimum absolute atomic E-state index is 0.942. The second-order valence-corrected chi connectivity index (χ2v) is 5.00. The molecule has 0 radical (unpaired) electrons. The van der Waals surface area contributed by atoms with Crippen molar-refractivity contribution in [3.8, 4) is 0 Å². The predicted octanol–water partition coefficient (Wildman–Crippen LogP) is 1.40. The van der Waals surface area contributed by atoms with Crippen molar-refractivity contribution in [2.45, 2.75) is 6.54 Å². The summed E-state index contributed by atoms with van der Waals surface area (Å²) in [6, 6.07) is 8.47. The van der Waals surface area contributed by atoms with Crippen molar-refractivity contribution in [3.63, 3.8) is 0 Å². The smallest absolute Gasteiger partial charge is 0.0484 e. The largest absolute Gasteiger partial charge is 0.314 e. The molecule has 3 nitrogen and oxygen atoms in total. The van der Waals surface area contributed by atoms with Gasteiger partial charge in [-0.25, -0.2) is 0 Å². The van der Waals surface area contributed by atoms with Gasteiger partial charge in [-0.1, -0.05) is 28.1 Å². The van der Waals surface area contributed by atoms with Gasteiger partial charge in [0.2, 0.25) is 0 Å². The third kappa shape index (κ3) is 3.87. The van der Waals surface area contributed by atoms with E-state index in [1.807, 2.05) is 0 Å². The number of nitrogens with one attached hydrogen (secondary N) is 2. The van der Waals surface area contributed by atoms with E-state index in [2.05, 4.69) is 55.7 Å². The standard InChI is InChI=1S/C12H18BrN3/c13-12-3-1-11(2-4-12)9-15-10-16-7-5-14-6-8-16/h1-4,14-15H,5-10H2. The van der Waals surface area contributed by atoms with E-state index >= 15 is 0 Å². The average Bonchev–Trinajstić information content (AvgIpc) is 2.33. The van der Waals surface area contributed by atoms with Gasteiger partial charge < -0.3 is 10.6 Å². The maximum absolute atomic E-state index is 3.47. The Morgan fingerprint density at radius 1 is 1.19 bits per heavy atom. The number of nitrogens with zero attached hydrogens (tertiary/aromatic N) is 1. The molecule has 4 heteroatoms. The van der Waals surface area contributed by atoms with Crippen LogP contribution in [0.25, 0.3) is 0 Å². The van der Waals surface area contributed by atoms with Crippen LogP contribution in [-0.2, 0) is 6.54 Å². The second-order valence-electron chi connectivity index (χ2n) is 4.08. The molecule has 0 bridgehead atoms. The Morgan fingerprint density at radius 3 is 2.56 bits per heavy atom. The van der Waals surface area contributed by atoms with E-state index in [1.165, 1.54) is 5.56 Å². The molecule has 0 amide bonds. The van der Waals surface area contributed by atoms with E-state index in [0.29, 0.717) is 0 Å². The highest BCUT2D eigenvalue weighted by Crippen LogP contribution is 2.10. The molecule has 1 saturated heterocycles. The summed E-state index contributed by atoms with van der Waals surface area (Å²) in [4.78, 5) is 2.44. The number of hydrogen-bond acceptors (Lipinski definition) is 3. The van der Waals surface area contributed by atoms with Crippen LogP contribution in [0.4, 0.5) is 0 Å². The molecule has 1 fully saturated rings. The van der Waals surface area contributed by atoms with Gasteiger partial charge in [-0.15, -0.1) is 0 Å². The maximum atomic E-state index is 3.47. The normalized spacial score (nSPS) is 17.6. The zero-order valence-corrected chi connectivity index (χ0v) is 11.0. The van der Waals surface area contributed by atoms with Gasteiger partial charge in [-0.3, -0.25) is 4.90 Å². The lowest BCUT2D eigenvalue weighted by Gasteiger charge is -2.27. The summed E-state index contributed by atoms with van der Waals surface area (Å²) in [6.07, 6.45) is 0. The van der Waals surface area contributed by atoms with Crippen LogP contribution in [0.5, 0.6) is 0 Å². The van der Waals surface area contributed by atoms with E-state index in [1.54, 1.807) is 0 Å². The van der Waals surface area contributed by atoms with Crippen molar-refractivity contribution < 1.29 is 0 Å². The highest BCUT2D eigenvalue weighted by atomic mass is 79.9. The minimum Gasteiger partial charge on any atom is -0.314 e. The topological polar surface area (TPSA) is 27.3 Å². The van der Waals surface area contributed by atoms with Gasteiger partial charge in [0.05, 0.1) is 0 Å². The summed E-state index contributed by atoms with van der Waals surface area (Å²) in [5.74, 6) is 0. The molecule has 0 atom stereocenters. The van der Waals surface area contributed by atoms with Gasteiger partial charge in [-0.2, -0.15) is 0 Å². The van der Waals surface area contributed by atoms with E-state index in [0.717, 1.165) is 43.9 Å². The molecule has 1 aliphatic rings. The molecule has 1 aliphatic heterocycles. The van der Waals surface area contributed by atoms with Gasteiger partial charge in [0.1, 0.15) is 0 Å². The van der Waals surface area contributed by atoms with Crippen molar-refractivity contribution in [1.29, 1.82) is 0 Å². The van der Waals surface area contributed by atoms with Gasteiger partial charge in [-0.05, 0) is 17.7 Å². The van der Waals surface area contributed by atoms with Crippen LogP contribution in [0, 0.1) is 0 Å². The molecule has 1 aromatic rings. The molecule has 16 heavy (non-hydrogen) atoms. The minimum atomic E-state index is 0.942. The second kappa shape index (κ2) is 6.35. The van der Waals surface area contributed by atoms with Crippen molar-refractivity contribution in [2.75, 3.05) is 32.8 Å². The van der Waals surface area contributed by atoms with Crippen LogP contribution in [0.3, 0.4) is 0 Å². The molecular formula is C12H18BrN3. The number of rotatable bonds is 4. The summed E-state index contributed by atoms with van der Waals surface area (Å²) in [6.45, 7) is 6.44. The predicted molar refractivity (Wildman–Crippen MR) is 70.3 cm³/mol. The van der Waals surface area contributed by atoms with Crippen molar-refractivity contribution in [2.24, 2.45) is 0 Å². The van der Waals surface area contributed by atoms with E-state index in [4.69, 9.17) is 0 Å². The van der Waals surface area contributed by atoms with Crippen molar-refractivity contribution in [3.05, 3.63) is 34.3 Å². The molecule has 88 valence electrons. The number of halogens is 1. The quantitative estimate of drug-likeness (QED) is 0.875. The van der Waals surface area contributed by atoms with Gasteiger partial charge >= 0.3 is 0 Å². The van der Waals surface area contributed by atoms with Gasteiger partial charge in [0.15, 0.2) is 0 Å². The fourth-order valence-corrected chi connectivity index (χ4v) is 2.09. The summed E-state index contributed by atoms with van der Waals surface area (Å²) in [7, 11) is 0. The highest BCUT2D eigenvalue weighted by Gasteiger charge is 2.07. The van der Waals surface area contributed by atoms with E-state index < -0.39 is 0 Å². The molecule has 2 rings (SSSR count). The van der Waals surface area contributed by atoms with Crippen LogP contribution in [0.15, 0.2) is 28.7 Å². The number of hydrogen-bond donors (Lipinski definition) is 2. The zero-order chi connectivity index (χ0) is 11.2. The lowest BCUT2D eigenvalue weighted by atomic mass is 10.2. The molecular weight excluding hydrogens is 266 g/mol. The lowest BCUT2D eigenvalue weighted by molar-refractivity contribution is 0.223. The van der Waals surface area contributed by atoms with Crippen LogP contribution in [0.1, 0.15) is 5.56 Å². The lowest BCUT2D eigenvalue weighted by Crippen LogP contribution is -2.46. The zero-order valence-electron chi connectivity index (χ0n) is 9.38. The fourth-order valence-electron chi connectivity index (χ4n) is 1.83. The summed E-state index contributed by atoms with van der Waals surface area (Å²) < 4.78 is 1.14. The molecule has 0 aromatic heterocycles. The Bertz CT molecular complexity index is 307. The Balaban J connectivity index is 1.69. The van der Waals surface area contributed by atoms with Crippen LogP contribution in [-0.4, -0.2) is 37.7 Å². The van der Waals surface area contributed by atoms with Gasteiger partial charge in [0, 0.05) is 43.9 Å². The molecule has 2 N–H and O–H groups in total. The summed E-state index contributed by atoms with van der Waals surface area (Å²) in [5, 5.41) is 6.83. The number of piperazine rings is 1. The van der Waals surface area contributed by atoms with Crippen LogP contribution < -0.4 is 10.6 Å². The Hall–Kier alpha value is -0.420. The Kier molecular flexibility index (Phi) is 4.78. The SMILES string of the molecule is Brc1ccc(CNCN2CCNCC2)cc1. The first-order valence-electron chi connectivity index (χ1n) is 5.73. The fraction of sp³-hybridized carbons (Fsp3) is 0.500. The van der Waals surface area contributed by atoms with Crippen LogP contribution in [0.2, 0.25) is 0 Å². The van der Waals surface area contributed by atoms with E-state index in [-0.39, 0.29) is 0 Å². The van der Waals surface area contributed by atoms with Gasteiger partial charge in [0.25, 0.3) is 0 Å². The summed E-state index contributed by atoms with van der Waals surface area (Å²) in [5.41, 5.74) is 1.33. The molecule has 0 spiro atoms.